The van der Waals surface area contributed by atoms with Crippen molar-refractivity contribution in [1.82, 2.24) is 44.9 Å². The van der Waals surface area contributed by atoms with Gasteiger partial charge in [0, 0.05) is 67.2 Å². The van der Waals surface area contributed by atoms with Gasteiger partial charge in [0.2, 0.25) is 0 Å². The fraction of sp³-hybridized carbons (Fsp3) is 0.382. The van der Waals surface area contributed by atoms with Crippen molar-refractivity contribution < 1.29 is 18.0 Å². The summed E-state index contributed by atoms with van der Waals surface area (Å²) in [6.07, 6.45) is 2.41. The highest BCUT2D eigenvalue weighted by Crippen LogP contribution is 2.35. The highest BCUT2D eigenvalue weighted by Gasteiger charge is 2.35. The maximum absolute atomic E-state index is 14.3. The number of alkyl halides is 3. The van der Waals surface area contributed by atoms with Crippen molar-refractivity contribution in [2.45, 2.75) is 38.5 Å². The molecule has 0 radical (unpaired) electrons. The first-order valence-corrected chi connectivity index (χ1v) is 16.1. The molecule has 11 nitrogen and oxygen atoms in total. The van der Waals surface area contributed by atoms with Crippen molar-refractivity contribution in [3.05, 3.63) is 83.3 Å². The van der Waals surface area contributed by atoms with Crippen molar-refractivity contribution in [2.75, 3.05) is 51.6 Å². The number of aromatic nitrogens is 6. The second-order valence-electron chi connectivity index (χ2n) is 12.8. The lowest BCUT2D eigenvalue weighted by Crippen LogP contribution is -2.52. The molecule has 2 N–H and O–H groups in total. The number of likely N-dealkylation sites (tertiary alicyclic amines) is 1. The first-order chi connectivity index (χ1) is 23.1. The quantitative estimate of drug-likeness (QED) is 0.252. The lowest BCUT2D eigenvalue weighted by atomic mass is 10.00. The lowest BCUT2D eigenvalue weighted by Gasteiger charge is -2.42. The van der Waals surface area contributed by atoms with Crippen LogP contribution in [0.25, 0.3) is 28.0 Å². The molecule has 2 saturated heterocycles. The SMILES string of the molecule is Cc1ccc(C(=O)Nc2ccc(CN3CCC(N4CCN(C)CC4)CC3)c(C(F)(F)F)c2)cc1-n1cc(-c2cnc3[nH]ncc3c2)nn1. The Hall–Kier alpha value is -4.66. The number of carbonyl (C=O) groups excluding carboxylic acids is 1. The number of fused-ring (bicyclic) bond motifs is 1. The van der Waals surface area contributed by atoms with Crippen LogP contribution in [0.3, 0.4) is 0 Å². The van der Waals surface area contributed by atoms with Gasteiger partial charge < -0.3 is 10.2 Å². The minimum absolute atomic E-state index is 0.0807. The van der Waals surface area contributed by atoms with Gasteiger partial charge in [0.05, 0.1) is 23.6 Å². The van der Waals surface area contributed by atoms with Crippen molar-refractivity contribution in [3.63, 3.8) is 0 Å². The fourth-order valence-corrected chi connectivity index (χ4v) is 6.62. The van der Waals surface area contributed by atoms with Gasteiger partial charge in [-0.2, -0.15) is 18.3 Å². The number of likely N-dealkylation sites (N-methyl/N-ethyl adjacent to an activating group) is 1. The number of halogens is 3. The topological polar surface area (TPSA) is 111 Å². The zero-order valence-electron chi connectivity index (χ0n) is 26.8. The van der Waals surface area contributed by atoms with Gasteiger partial charge in [-0.15, -0.1) is 5.10 Å². The lowest BCUT2D eigenvalue weighted by molar-refractivity contribution is -0.138. The summed E-state index contributed by atoms with van der Waals surface area (Å²) in [5.74, 6) is -0.530. The molecule has 2 aromatic carbocycles. The molecule has 14 heteroatoms. The van der Waals surface area contributed by atoms with E-state index in [4.69, 9.17) is 0 Å². The number of benzene rings is 2. The Kier molecular flexibility index (Phi) is 8.71. The van der Waals surface area contributed by atoms with Crippen molar-refractivity contribution in [1.29, 1.82) is 0 Å². The molecule has 0 bridgehead atoms. The van der Waals surface area contributed by atoms with Crippen LogP contribution in [0.15, 0.2) is 61.1 Å². The molecule has 0 saturated carbocycles. The van der Waals surface area contributed by atoms with Crippen molar-refractivity contribution in [2.24, 2.45) is 0 Å². The number of rotatable bonds is 7. The largest absolute Gasteiger partial charge is 0.416 e. The number of piperidine rings is 1. The summed E-state index contributed by atoms with van der Waals surface area (Å²) in [7, 11) is 2.13. The van der Waals surface area contributed by atoms with Crippen LogP contribution in [0.5, 0.6) is 0 Å². The van der Waals surface area contributed by atoms with E-state index in [9.17, 15) is 18.0 Å². The summed E-state index contributed by atoms with van der Waals surface area (Å²) in [4.78, 5) is 24.6. The van der Waals surface area contributed by atoms with E-state index in [-0.39, 0.29) is 23.4 Å². The molecule has 1 amide bonds. The molecule has 2 fully saturated rings. The number of H-pyrrole nitrogens is 1. The standard InChI is InChI=1S/C34H37F3N10O/c1-22-3-4-23(16-31(22)47-21-30(41-43-47)25-15-26-19-39-42-32(26)38-18-25)33(48)40-27-6-5-24(29(17-27)34(35,36)37)20-45-9-7-28(8-10-45)46-13-11-44(2)12-14-46/h3-6,15-19,21,28H,7-14,20H2,1-2H3,(H,40,48)(H,38,39,42). The van der Waals surface area contributed by atoms with Gasteiger partial charge in [-0.3, -0.25) is 19.7 Å². The summed E-state index contributed by atoms with van der Waals surface area (Å²) in [5.41, 5.74) is 3.27. The Balaban J connectivity index is 1.03. The molecule has 3 aromatic heterocycles. The third-order valence-corrected chi connectivity index (χ3v) is 9.48. The number of aromatic amines is 1. The van der Waals surface area contributed by atoms with Crippen LogP contribution in [0.4, 0.5) is 18.9 Å². The molecular formula is C34H37F3N10O. The number of hydrogen-bond acceptors (Lipinski definition) is 8. The van der Waals surface area contributed by atoms with Crippen LogP contribution >= 0.6 is 0 Å². The fourth-order valence-electron chi connectivity index (χ4n) is 6.62. The number of amides is 1. The van der Waals surface area contributed by atoms with E-state index in [1.165, 1.54) is 6.07 Å². The smallest absolute Gasteiger partial charge is 0.322 e. The van der Waals surface area contributed by atoms with E-state index in [1.54, 1.807) is 47.5 Å². The second kappa shape index (κ2) is 13.1. The van der Waals surface area contributed by atoms with Crippen molar-refractivity contribution in [3.8, 4) is 16.9 Å². The van der Waals surface area contributed by atoms with Crippen molar-refractivity contribution >= 4 is 22.6 Å². The van der Waals surface area contributed by atoms with Crippen LogP contribution in [0.2, 0.25) is 0 Å². The number of carbonyl (C=O) groups is 1. The predicted molar refractivity (Wildman–Crippen MR) is 176 cm³/mol. The van der Waals surface area contributed by atoms with Crippen LogP contribution in [0, 0.1) is 6.92 Å². The Morgan fingerprint density at radius 1 is 1.00 bits per heavy atom. The zero-order valence-corrected chi connectivity index (χ0v) is 26.8. The first-order valence-electron chi connectivity index (χ1n) is 16.1. The molecular weight excluding hydrogens is 621 g/mol. The minimum atomic E-state index is -4.56. The van der Waals surface area contributed by atoms with E-state index in [2.05, 4.69) is 52.6 Å². The maximum Gasteiger partial charge on any atom is 0.416 e. The average Bonchev–Trinajstić information content (AvgIpc) is 3.76. The van der Waals surface area contributed by atoms with Gasteiger partial charge in [0.25, 0.3) is 5.91 Å². The van der Waals surface area contributed by atoms with E-state index in [1.807, 2.05) is 13.0 Å². The zero-order chi connectivity index (χ0) is 33.4. The van der Waals surface area contributed by atoms with Crippen LogP contribution in [-0.4, -0.2) is 103 Å². The van der Waals surface area contributed by atoms with Gasteiger partial charge in [-0.1, -0.05) is 17.3 Å². The summed E-state index contributed by atoms with van der Waals surface area (Å²) >= 11 is 0. The molecule has 5 heterocycles. The first kappa shape index (κ1) is 31.9. The van der Waals surface area contributed by atoms with Gasteiger partial charge in [0.1, 0.15) is 5.69 Å². The van der Waals surface area contributed by atoms with Crippen LogP contribution < -0.4 is 5.32 Å². The summed E-state index contributed by atoms with van der Waals surface area (Å²) in [5, 5.41) is 18.8. The summed E-state index contributed by atoms with van der Waals surface area (Å²) < 4.78 is 44.4. The third-order valence-electron chi connectivity index (χ3n) is 9.48. The highest BCUT2D eigenvalue weighted by atomic mass is 19.4. The molecule has 0 unspecified atom stereocenters. The van der Waals surface area contributed by atoms with Gasteiger partial charge >= 0.3 is 6.18 Å². The van der Waals surface area contributed by atoms with E-state index in [0.29, 0.717) is 23.1 Å². The number of anilines is 1. The van der Waals surface area contributed by atoms with E-state index < -0.39 is 17.6 Å². The molecule has 2 aliphatic heterocycles. The number of nitrogens with one attached hydrogen (secondary N) is 2. The Morgan fingerprint density at radius 2 is 1.79 bits per heavy atom. The molecule has 48 heavy (non-hydrogen) atoms. The number of pyridine rings is 1. The molecule has 0 spiro atoms. The Bertz CT molecular complexity index is 1920. The summed E-state index contributed by atoms with van der Waals surface area (Å²) in [6, 6.07) is 11.5. The number of hydrogen-bond donors (Lipinski definition) is 2. The highest BCUT2D eigenvalue weighted by molar-refractivity contribution is 6.04. The van der Waals surface area contributed by atoms with E-state index >= 15 is 0 Å². The average molecular weight is 659 g/mol. The Labute approximate surface area is 275 Å². The second-order valence-corrected chi connectivity index (χ2v) is 12.8. The number of piperazine rings is 1. The maximum atomic E-state index is 14.3. The third kappa shape index (κ3) is 6.82. The molecule has 0 aliphatic carbocycles. The van der Waals surface area contributed by atoms with Gasteiger partial charge in [0.15, 0.2) is 5.65 Å². The summed E-state index contributed by atoms with van der Waals surface area (Å²) in [6.45, 7) is 7.79. The molecule has 250 valence electrons. The molecule has 0 atom stereocenters. The molecule has 2 aliphatic rings. The predicted octanol–water partition coefficient (Wildman–Crippen LogP) is 5.00. The number of aryl methyl sites for hydroxylation is 1. The van der Waals surface area contributed by atoms with E-state index in [0.717, 1.165) is 74.7 Å². The van der Waals surface area contributed by atoms with Gasteiger partial charge in [-0.05, 0) is 81.4 Å². The van der Waals surface area contributed by atoms with Crippen LogP contribution in [0.1, 0.15) is 39.9 Å². The van der Waals surface area contributed by atoms with Gasteiger partial charge in [-0.25, -0.2) is 9.67 Å². The minimum Gasteiger partial charge on any atom is -0.322 e. The van der Waals surface area contributed by atoms with Crippen LogP contribution in [-0.2, 0) is 12.7 Å². The Morgan fingerprint density at radius 3 is 2.56 bits per heavy atom. The monoisotopic (exact) mass is 658 g/mol. The number of nitrogens with zero attached hydrogens (tertiary/aromatic N) is 8. The molecule has 5 aromatic rings. The molecule has 7 rings (SSSR count). The normalized spacial score (nSPS) is 17.3.